The molecule has 2 aliphatic heterocycles. The molecule has 0 radical (unpaired) electrons. The van der Waals surface area contributed by atoms with Gasteiger partial charge in [-0.15, -0.1) is 13.2 Å². The molecule has 2 aliphatic rings. The molecule has 0 saturated carbocycles. The fraction of sp³-hybridized carbons (Fsp3) is 0.455. The molecule has 0 aliphatic carbocycles. The summed E-state index contributed by atoms with van der Waals surface area (Å²) in [5.74, 6) is -0.167. The first-order chi connectivity index (χ1) is 13.4. The molecule has 0 N–H and O–H groups in total. The van der Waals surface area contributed by atoms with E-state index >= 15 is 0 Å². The summed E-state index contributed by atoms with van der Waals surface area (Å²) in [5, 5.41) is 0. The average Bonchev–Trinajstić information content (AvgIpc) is 3.08. The molecule has 0 unspecified atom stereocenters. The van der Waals surface area contributed by atoms with E-state index < -0.39 is 6.36 Å². The fourth-order valence-corrected chi connectivity index (χ4v) is 4.45. The van der Waals surface area contributed by atoms with Crippen LogP contribution in [0.2, 0.25) is 0 Å². The lowest BCUT2D eigenvalue weighted by Crippen LogP contribution is -2.41. The van der Waals surface area contributed by atoms with Crippen molar-refractivity contribution in [3.63, 3.8) is 0 Å². The Bertz CT molecular complexity index is 769. The summed E-state index contributed by atoms with van der Waals surface area (Å²) in [6.45, 7) is 5.13. The lowest BCUT2D eigenvalue weighted by atomic mass is 9.77. The minimum absolute atomic E-state index is 0.167. The normalized spacial score (nSPS) is 19.9. The maximum atomic E-state index is 12.3. The molecule has 2 saturated heterocycles. The molecule has 2 fully saturated rings. The van der Waals surface area contributed by atoms with Crippen LogP contribution in [-0.4, -0.2) is 37.4 Å². The van der Waals surface area contributed by atoms with Gasteiger partial charge in [0, 0.05) is 25.3 Å². The van der Waals surface area contributed by atoms with Gasteiger partial charge in [0.25, 0.3) is 0 Å². The Labute approximate surface area is 163 Å². The summed E-state index contributed by atoms with van der Waals surface area (Å²) >= 11 is 0. The second-order valence-corrected chi connectivity index (χ2v) is 7.98. The van der Waals surface area contributed by atoms with Gasteiger partial charge >= 0.3 is 6.36 Å². The van der Waals surface area contributed by atoms with E-state index in [0.717, 1.165) is 44.8 Å². The highest BCUT2D eigenvalue weighted by Crippen LogP contribution is 2.42. The Hall–Kier alpha value is -2.21. The van der Waals surface area contributed by atoms with Crippen LogP contribution < -0.4 is 9.64 Å². The SMILES string of the molecule is FC(F)(F)Oc1ccc(N2CCC3(CCN(Cc4ccccc4)CC3)C2)cc1. The van der Waals surface area contributed by atoms with Crippen LogP contribution in [0.1, 0.15) is 24.8 Å². The summed E-state index contributed by atoms with van der Waals surface area (Å²) in [5.41, 5.74) is 2.65. The zero-order valence-electron chi connectivity index (χ0n) is 15.8. The van der Waals surface area contributed by atoms with Crippen molar-refractivity contribution in [3.05, 3.63) is 60.2 Å². The van der Waals surface area contributed by atoms with Crippen LogP contribution in [0.5, 0.6) is 5.75 Å². The Balaban J connectivity index is 1.32. The molecule has 2 aromatic rings. The van der Waals surface area contributed by atoms with Gasteiger partial charge in [0.2, 0.25) is 0 Å². The number of likely N-dealkylation sites (tertiary alicyclic amines) is 1. The first-order valence-corrected chi connectivity index (χ1v) is 9.78. The highest BCUT2D eigenvalue weighted by molar-refractivity contribution is 5.50. The van der Waals surface area contributed by atoms with Crippen molar-refractivity contribution in [1.29, 1.82) is 0 Å². The molecular weight excluding hydrogens is 365 g/mol. The third-order valence-corrected chi connectivity index (χ3v) is 6.04. The van der Waals surface area contributed by atoms with E-state index in [-0.39, 0.29) is 5.75 Å². The van der Waals surface area contributed by atoms with E-state index in [2.05, 4.69) is 38.8 Å². The van der Waals surface area contributed by atoms with E-state index in [4.69, 9.17) is 0 Å². The number of benzene rings is 2. The maximum absolute atomic E-state index is 12.3. The second kappa shape index (κ2) is 7.66. The number of alkyl halides is 3. The van der Waals surface area contributed by atoms with Crippen LogP contribution in [0, 0.1) is 5.41 Å². The number of hydrogen-bond acceptors (Lipinski definition) is 3. The Morgan fingerprint density at radius 3 is 2.14 bits per heavy atom. The number of piperidine rings is 1. The Morgan fingerprint density at radius 1 is 0.857 bits per heavy atom. The quantitative estimate of drug-likeness (QED) is 0.724. The molecule has 0 aromatic heterocycles. The van der Waals surface area contributed by atoms with Gasteiger partial charge in [-0.1, -0.05) is 30.3 Å². The minimum Gasteiger partial charge on any atom is -0.406 e. The van der Waals surface area contributed by atoms with Crippen molar-refractivity contribution in [1.82, 2.24) is 4.90 Å². The average molecular weight is 390 g/mol. The zero-order valence-corrected chi connectivity index (χ0v) is 15.8. The van der Waals surface area contributed by atoms with Crippen molar-refractivity contribution >= 4 is 5.69 Å². The predicted octanol–water partition coefficient (Wildman–Crippen LogP) is 5.08. The number of halogens is 3. The van der Waals surface area contributed by atoms with Crippen molar-refractivity contribution in [2.75, 3.05) is 31.1 Å². The molecule has 0 amide bonds. The Morgan fingerprint density at radius 2 is 1.50 bits per heavy atom. The van der Waals surface area contributed by atoms with Gasteiger partial charge in [0.1, 0.15) is 5.75 Å². The van der Waals surface area contributed by atoms with Crippen LogP contribution in [0.4, 0.5) is 18.9 Å². The van der Waals surface area contributed by atoms with Crippen LogP contribution in [0.15, 0.2) is 54.6 Å². The summed E-state index contributed by atoms with van der Waals surface area (Å²) in [7, 11) is 0. The number of anilines is 1. The summed E-state index contributed by atoms with van der Waals surface area (Å²) in [4.78, 5) is 4.82. The highest BCUT2D eigenvalue weighted by atomic mass is 19.4. The standard InChI is InChI=1S/C22H25F3N2O/c23-22(24,25)28-20-8-6-19(7-9-20)27-15-12-21(17-27)10-13-26(14-11-21)16-18-4-2-1-3-5-18/h1-9H,10-17H2. The maximum Gasteiger partial charge on any atom is 0.573 e. The highest BCUT2D eigenvalue weighted by Gasteiger charge is 2.40. The van der Waals surface area contributed by atoms with E-state index in [9.17, 15) is 13.2 Å². The first-order valence-electron chi connectivity index (χ1n) is 9.78. The van der Waals surface area contributed by atoms with Crippen molar-refractivity contribution in [2.45, 2.75) is 32.2 Å². The molecule has 2 aromatic carbocycles. The van der Waals surface area contributed by atoms with E-state index in [1.54, 1.807) is 12.1 Å². The molecular formula is C22H25F3N2O. The van der Waals surface area contributed by atoms with E-state index in [1.165, 1.54) is 30.5 Å². The number of nitrogens with zero attached hydrogens (tertiary/aromatic N) is 2. The smallest absolute Gasteiger partial charge is 0.406 e. The number of rotatable bonds is 4. The van der Waals surface area contributed by atoms with Crippen molar-refractivity contribution in [3.8, 4) is 5.75 Å². The molecule has 0 atom stereocenters. The van der Waals surface area contributed by atoms with Gasteiger partial charge in [0.15, 0.2) is 0 Å². The molecule has 1 spiro atoms. The summed E-state index contributed by atoms with van der Waals surface area (Å²) in [6.07, 6.45) is -1.16. The lowest BCUT2D eigenvalue weighted by molar-refractivity contribution is -0.274. The molecule has 28 heavy (non-hydrogen) atoms. The van der Waals surface area contributed by atoms with Gasteiger partial charge in [-0.2, -0.15) is 0 Å². The molecule has 0 bridgehead atoms. The minimum atomic E-state index is -4.65. The van der Waals surface area contributed by atoms with Crippen molar-refractivity contribution in [2.24, 2.45) is 5.41 Å². The predicted molar refractivity (Wildman–Crippen MR) is 103 cm³/mol. The lowest BCUT2D eigenvalue weighted by Gasteiger charge is -2.39. The number of ether oxygens (including phenoxy) is 1. The molecule has 4 rings (SSSR count). The second-order valence-electron chi connectivity index (χ2n) is 7.98. The van der Waals surface area contributed by atoms with Crippen LogP contribution in [-0.2, 0) is 6.54 Å². The summed E-state index contributed by atoms with van der Waals surface area (Å²) in [6, 6.07) is 16.8. The fourth-order valence-electron chi connectivity index (χ4n) is 4.45. The van der Waals surface area contributed by atoms with E-state index in [0.29, 0.717) is 5.41 Å². The van der Waals surface area contributed by atoms with Crippen LogP contribution in [0.3, 0.4) is 0 Å². The van der Waals surface area contributed by atoms with Gasteiger partial charge in [0.05, 0.1) is 0 Å². The van der Waals surface area contributed by atoms with Crippen LogP contribution >= 0.6 is 0 Å². The molecule has 6 heteroatoms. The van der Waals surface area contributed by atoms with Gasteiger partial charge < -0.3 is 9.64 Å². The third-order valence-electron chi connectivity index (χ3n) is 6.04. The van der Waals surface area contributed by atoms with Gasteiger partial charge in [-0.3, -0.25) is 4.90 Å². The molecule has 2 heterocycles. The topological polar surface area (TPSA) is 15.7 Å². The monoisotopic (exact) mass is 390 g/mol. The zero-order chi connectivity index (χ0) is 19.6. The van der Waals surface area contributed by atoms with Crippen molar-refractivity contribution < 1.29 is 17.9 Å². The third kappa shape index (κ3) is 4.61. The van der Waals surface area contributed by atoms with Gasteiger partial charge in [-0.05, 0) is 67.6 Å². The summed E-state index contributed by atoms with van der Waals surface area (Å²) < 4.78 is 40.9. The van der Waals surface area contributed by atoms with Gasteiger partial charge in [-0.25, -0.2) is 0 Å². The largest absolute Gasteiger partial charge is 0.573 e. The number of hydrogen-bond donors (Lipinski definition) is 0. The van der Waals surface area contributed by atoms with E-state index in [1.807, 2.05) is 6.07 Å². The first kappa shape index (κ1) is 19.1. The Kier molecular flexibility index (Phi) is 5.23. The van der Waals surface area contributed by atoms with Crippen LogP contribution in [0.25, 0.3) is 0 Å². The molecule has 150 valence electrons. The molecule has 3 nitrogen and oxygen atoms in total.